The second-order valence-electron chi connectivity index (χ2n) is 7.41. The van der Waals surface area contributed by atoms with Crippen LogP contribution in [-0.4, -0.2) is 44.9 Å². The molecule has 1 fully saturated rings. The lowest BCUT2D eigenvalue weighted by molar-refractivity contribution is 0.0942. The minimum Gasteiger partial charge on any atom is -0.486 e. The van der Waals surface area contributed by atoms with E-state index in [9.17, 15) is 13.2 Å². The molecule has 4 rings (SSSR count). The van der Waals surface area contributed by atoms with E-state index in [4.69, 9.17) is 9.47 Å². The fraction of sp³-hybridized carbons (Fsp3) is 0.318. The third-order valence-corrected chi connectivity index (χ3v) is 7.16. The van der Waals surface area contributed by atoms with Gasteiger partial charge < -0.3 is 9.47 Å². The first-order valence-corrected chi connectivity index (χ1v) is 11.6. The first-order chi connectivity index (χ1) is 14.9. The van der Waals surface area contributed by atoms with E-state index >= 15 is 0 Å². The van der Waals surface area contributed by atoms with Crippen molar-refractivity contribution in [1.82, 2.24) is 15.2 Å². The summed E-state index contributed by atoms with van der Waals surface area (Å²) in [5.41, 5.74) is 6.77. The Hall–Kier alpha value is -3.04. The van der Waals surface area contributed by atoms with Gasteiger partial charge in [0.15, 0.2) is 11.5 Å². The zero-order chi connectivity index (χ0) is 21.8. The molecule has 164 valence electrons. The number of ether oxygens (including phenoxy) is 2. The first-order valence-electron chi connectivity index (χ1n) is 10.2. The minimum absolute atomic E-state index is 0.118. The normalized spacial score (nSPS) is 16.4. The maximum atomic E-state index is 12.9. The van der Waals surface area contributed by atoms with Gasteiger partial charge in [0, 0.05) is 24.2 Å². The maximum absolute atomic E-state index is 12.9. The number of carbonyl (C=O) groups is 1. The number of sulfonamides is 1. The highest BCUT2D eigenvalue weighted by Crippen LogP contribution is 2.32. The van der Waals surface area contributed by atoms with Gasteiger partial charge in [-0.2, -0.15) is 4.31 Å². The molecule has 0 aromatic heterocycles. The van der Waals surface area contributed by atoms with Crippen molar-refractivity contribution >= 4 is 21.6 Å². The lowest BCUT2D eigenvalue weighted by Crippen LogP contribution is -2.37. The molecule has 9 heteroatoms. The molecule has 0 atom stereocenters. The Morgan fingerprint density at radius 2 is 1.65 bits per heavy atom. The topological polar surface area (TPSA) is 97.0 Å². The van der Waals surface area contributed by atoms with Gasteiger partial charge in [0.25, 0.3) is 5.91 Å². The van der Waals surface area contributed by atoms with Crippen LogP contribution in [0.25, 0.3) is 5.70 Å². The molecule has 2 heterocycles. The molecule has 0 spiro atoms. The number of rotatable bonds is 6. The number of amides is 1. The van der Waals surface area contributed by atoms with E-state index in [1.807, 2.05) is 0 Å². The third-order valence-electron chi connectivity index (χ3n) is 5.27. The van der Waals surface area contributed by atoms with Gasteiger partial charge in [-0.25, -0.2) is 8.42 Å². The third kappa shape index (κ3) is 4.67. The fourth-order valence-electron chi connectivity index (χ4n) is 3.56. The van der Waals surface area contributed by atoms with E-state index in [0.717, 1.165) is 24.8 Å². The quantitative estimate of drug-likeness (QED) is 0.666. The van der Waals surface area contributed by atoms with Crippen molar-refractivity contribution < 1.29 is 22.7 Å². The Labute approximate surface area is 181 Å². The average Bonchev–Trinajstić information content (AvgIpc) is 2.82. The van der Waals surface area contributed by atoms with Gasteiger partial charge in [-0.1, -0.05) is 19.1 Å². The highest BCUT2D eigenvalue weighted by Gasteiger charge is 2.26. The molecule has 2 aromatic carbocycles. The van der Waals surface area contributed by atoms with E-state index in [1.165, 1.54) is 16.4 Å². The van der Waals surface area contributed by atoms with Crippen LogP contribution in [0, 0.1) is 0 Å². The van der Waals surface area contributed by atoms with Crippen molar-refractivity contribution in [3.63, 3.8) is 0 Å². The number of piperidine rings is 1. The minimum atomic E-state index is -3.61. The molecule has 0 aliphatic carbocycles. The summed E-state index contributed by atoms with van der Waals surface area (Å²) >= 11 is 0. The van der Waals surface area contributed by atoms with Crippen molar-refractivity contribution in [3.8, 4) is 11.5 Å². The standard InChI is InChI=1S/C22H25N3O5S/c1-16(17-8-9-20-21(15-17)30-13-12-29-20)23-24-22(26)18-6-5-7-19(14-18)31(27,28)25-10-3-2-4-11-25/h5-9,14-15,23H,1-4,10-13H2,(H,24,26). The predicted octanol–water partition coefficient (Wildman–Crippen LogP) is 2.54. The van der Waals surface area contributed by atoms with E-state index in [1.54, 1.807) is 30.3 Å². The molecule has 0 unspecified atom stereocenters. The van der Waals surface area contributed by atoms with Crippen LogP contribution in [0.15, 0.2) is 53.9 Å². The first kappa shape index (κ1) is 21.2. The van der Waals surface area contributed by atoms with Crippen molar-refractivity contribution in [2.45, 2.75) is 24.2 Å². The second kappa shape index (κ2) is 8.99. The summed E-state index contributed by atoms with van der Waals surface area (Å²) in [7, 11) is -3.61. The number of hydrogen-bond acceptors (Lipinski definition) is 6. The number of fused-ring (bicyclic) bond motifs is 1. The van der Waals surface area contributed by atoms with Crippen molar-refractivity contribution in [3.05, 3.63) is 60.2 Å². The van der Waals surface area contributed by atoms with Crippen LogP contribution >= 0.6 is 0 Å². The van der Waals surface area contributed by atoms with E-state index in [-0.39, 0.29) is 10.5 Å². The van der Waals surface area contributed by atoms with Gasteiger partial charge in [0.1, 0.15) is 13.2 Å². The molecule has 8 nitrogen and oxygen atoms in total. The van der Waals surface area contributed by atoms with E-state index in [0.29, 0.717) is 43.5 Å². The monoisotopic (exact) mass is 443 g/mol. The van der Waals surface area contributed by atoms with Crippen molar-refractivity contribution in [2.75, 3.05) is 26.3 Å². The van der Waals surface area contributed by atoms with Crippen LogP contribution in [0.2, 0.25) is 0 Å². The summed E-state index contributed by atoms with van der Waals surface area (Å²) in [4.78, 5) is 12.7. The molecule has 31 heavy (non-hydrogen) atoms. The molecule has 0 saturated carbocycles. The molecular weight excluding hydrogens is 418 g/mol. The summed E-state index contributed by atoms with van der Waals surface area (Å²) in [6.45, 7) is 5.94. The number of nitrogens with one attached hydrogen (secondary N) is 2. The van der Waals surface area contributed by atoms with Crippen LogP contribution in [-0.2, 0) is 10.0 Å². The SMILES string of the molecule is C=C(NNC(=O)c1cccc(S(=O)(=O)N2CCCCC2)c1)c1ccc2c(c1)OCCO2. The molecule has 0 radical (unpaired) electrons. The van der Waals surface area contributed by atoms with Gasteiger partial charge in [0.2, 0.25) is 10.0 Å². The highest BCUT2D eigenvalue weighted by atomic mass is 32.2. The van der Waals surface area contributed by atoms with Gasteiger partial charge in [-0.05, 0) is 49.2 Å². The second-order valence-corrected chi connectivity index (χ2v) is 9.35. The Kier molecular flexibility index (Phi) is 6.15. The van der Waals surface area contributed by atoms with E-state index < -0.39 is 15.9 Å². The van der Waals surface area contributed by atoms with Crippen LogP contribution in [0.3, 0.4) is 0 Å². The predicted molar refractivity (Wildman–Crippen MR) is 116 cm³/mol. The summed E-state index contributed by atoms with van der Waals surface area (Å²) in [5.74, 6) is 0.821. The maximum Gasteiger partial charge on any atom is 0.269 e. The van der Waals surface area contributed by atoms with Gasteiger partial charge in [-0.3, -0.25) is 15.6 Å². The van der Waals surface area contributed by atoms with Crippen LogP contribution < -0.4 is 20.3 Å². The Balaban J connectivity index is 1.42. The molecule has 1 amide bonds. The molecule has 2 aliphatic heterocycles. The number of carbonyl (C=O) groups excluding carboxylic acids is 1. The molecule has 2 aliphatic rings. The summed E-state index contributed by atoms with van der Waals surface area (Å²) in [6, 6.07) is 11.4. The molecule has 1 saturated heterocycles. The number of benzene rings is 2. The van der Waals surface area contributed by atoms with Gasteiger partial charge in [-0.15, -0.1) is 0 Å². The van der Waals surface area contributed by atoms with E-state index in [2.05, 4.69) is 17.4 Å². The largest absolute Gasteiger partial charge is 0.486 e. The number of hydrogen-bond donors (Lipinski definition) is 2. The zero-order valence-corrected chi connectivity index (χ0v) is 17.9. The summed E-state index contributed by atoms with van der Waals surface area (Å²) < 4.78 is 38.3. The van der Waals surface area contributed by atoms with Crippen molar-refractivity contribution in [1.29, 1.82) is 0 Å². The van der Waals surface area contributed by atoms with Crippen LogP contribution in [0.4, 0.5) is 0 Å². The lowest BCUT2D eigenvalue weighted by atomic mass is 10.1. The molecule has 0 bridgehead atoms. The Morgan fingerprint density at radius 3 is 2.42 bits per heavy atom. The lowest BCUT2D eigenvalue weighted by Gasteiger charge is -2.26. The summed E-state index contributed by atoms with van der Waals surface area (Å²) in [5, 5.41) is 0. The summed E-state index contributed by atoms with van der Waals surface area (Å²) in [6.07, 6.45) is 2.74. The molecule has 2 aromatic rings. The zero-order valence-electron chi connectivity index (χ0n) is 17.1. The van der Waals surface area contributed by atoms with Crippen molar-refractivity contribution in [2.24, 2.45) is 0 Å². The van der Waals surface area contributed by atoms with Crippen LogP contribution in [0.1, 0.15) is 35.2 Å². The number of nitrogens with zero attached hydrogens (tertiary/aromatic N) is 1. The average molecular weight is 444 g/mol. The van der Waals surface area contributed by atoms with Gasteiger partial charge in [0.05, 0.1) is 10.6 Å². The Bertz CT molecular complexity index is 1090. The van der Waals surface area contributed by atoms with Crippen LogP contribution in [0.5, 0.6) is 11.5 Å². The fourth-order valence-corrected chi connectivity index (χ4v) is 5.12. The molecular formula is C22H25N3O5S. The highest BCUT2D eigenvalue weighted by molar-refractivity contribution is 7.89. The smallest absolute Gasteiger partial charge is 0.269 e. The van der Waals surface area contributed by atoms with Gasteiger partial charge >= 0.3 is 0 Å². The Morgan fingerprint density at radius 1 is 0.903 bits per heavy atom. The number of hydrazine groups is 1. The molecule has 2 N–H and O–H groups in total.